The lowest BCUT2D eigenvalue weighted by Gasteiger charge is -2.01. The van der Waals surface area contributed by atoms with E-state index in [0.717, 1.165) is 11.5 Å². The lowest BCUT2D eigenvalue weighted by Crippen LogP contribution is -2.01. The van der Waals surface area contributed by atoms with Crippen LogP contribution in [0, 0.1) is 6.92 Å². The van der Waals surface area contributed by atoms with Gasteiger partial charge in [-0.2, -0.15) is 0 Å². The van der Waals surface area contributed by atoms with Gasteiger partial charge in [0, 0.05) is 11.5 Å². The molecular formula is C10H15NOS2. The second-order valence-electron chi connectivity index (χ2n) is 2.94. The molecule has 1 rings (SSSR count). The average Bonchev–Trinajstić information content (AvgIpc) is 2.21. The first-order valence-corrected chi connectivity index (χ1v) is 6.93. The molecule has 0 aromatic heterocycles. The van der Waals surface area contributed by atoms with E-state index in [2.05, 4.69) is 36.0 Å². The van der Waals surface area contributed by atoms with E-state index in [1.807, 2.05) is 10.8 Å². The summed E-state index contributed by atoms with van der Waals surface area (Å²) in [5.41, 5.74) is 2.67. The van der Waals surface area contributed by atoms with Gasteiger partial charge >= 0.3 is 0 Å². The second-order valence-corrected chi connectivity index (χ2v) is 5.52. The minimum absolute atomic E-state index is 0.617. The van der Waals surface area contributed by atoms with Crippen LogP contribution in [0.3, 0.4) is 0 Å². The molecule has 78 valence electrons. The molecular weight excluding hydrogens is 214 g/mol. The van der Waals surface area contributed by atoms with Gasteiger partial charge in [0.05, 0.1) is 6.61 Å². The zero-order chi connectivity index (χ0) is 10.2. The molecule has 14 heavy (non-hydrogen) atoms. The van der Waals surface area contributed by atoms with Gasteiger partial charge in [-0.3, -0.25) is 0 Å². The third kappa shape index (κ3) is 4.91. The van der Waals surface area contributed by atoms with E-state index >= 15 is 0 Å². The molecule has 2 nitrogen and oxygen atoms in total. The molecule has 0 saturated heterocycles. The Labute approximate surface area is 92.9 Å². The highest BCUT2D eigenvalue weighted by atomic mass is 33.1. The Balaban J connectivity index is 2.15. The third-order valence-corrected chi connectivity index (χ3v) is 4.02. The SMILES string of the molecule is Cc1ccc(CSSCCON)cc1. The average molecular weight is 229 g/mol. The fourth-order valence-electron chi connectivity index (χ4n) is 0.935. The molecule has 0 atom stereocenters. The fraction of sp³-hybridized carbons (Fsp3) is 0.400. The van der Waals surface area contributed by atoms with E-state index in [-0.39, 0.29) is 0 Å². The Morgan fingerprint density at radius 1 is 1.21 bits per heavy atom. The number of hydrogen-bond acceptors (Lipinski definition) is 4. The maximum absolute atomic E-state index is 4.92. The molecule has 0 bridgehead atoms. The lowest BCUT2D eigenvalue weighted by atomic mass is 10.2. The monoisotopic (exact) mass is 229 g/mol. The minimum Gasteiger partial charge on any atom is -0.304 e. The summed E-state index contributed by atoms with van der Waals surface area (Å²) >= 11 is 0. The molecule has 0 fully saturated rings. The van der Waals surface area contributed by atoms with Crippen LogP contribution in [-0.4, -0.2) is 12.4 Å². The molecule has 0 heterocycles. The van der Waals surface area contributed by atoms with Crippen molar-refractivity contribution in [2.24, 2.45) is 5.90 Å². The van der Waals surface area contributed by atoms with Crippen molar-refractivity contribution in [1.82, 2.24) is 0 Å². The second kappa shape index (κ2) is 7.17. The molecule has 2 N–H and O–H groups in total. The summed E-state index contributed by atoms with van der Waals surface area (Å²) in [6, 6.07) is 8.62. The van der Waals surface area contributed by atoms with Crippen LogP contribution in [0.4, 0.5) is 0 Å². The minimum atomic E-state index is 0.617. The molecule has 1 aromatic carbocycles. The van der Waals surface area contributed by atoms with Crippen molar-refractivity contribution in [2.75, 3.05) is 12.4 Å². The Hall–Kier alpha value is -0.160. The molecule has 4 heteroatoms. The van der Waals surface area contributed by atoms with Gasteiger partial charge in [0.1, 0.15) is 0 Å². The normalized spacial score (nSPS) is 10.4. The number of rotatable bonds is 6. The van der Waals surface area contributed by atoms with E-state index in [1.165, 1.54) is 11.1 Å². The van der Waals surface area contributed by atoms with E-state index in [1.54, 1.807) is 10.8 Å². The van der Waals surface area contributed by atoms with E-state index < -0.39 is 0 Å². The van der Waals surface area contributed by atoms with Crippen molar-refractivity contribution in [3.05, 3.63) is 35.4 Å². The van der Waals surface area contributed by atoms with E-state index in [4.69, 9.17) is 5.90 Å². The van der Waals surface area contributed by atoms with Crippen LogP contribution in [0.1, 0.15) is 11.1 Å². The first-order valence-electron chi connectivity index (χ1n) is 4.44. The molecule has 0 saturated carbocycles. The highest BCUT2D eigenvalue weighted by Crippen LogP contribution is 2.25. The molecule has 0 aliphatic rings. The van der Waals surface area contributed by atoms with Crippen LogP contribution in [0.25, 0.3) is 0 Å². The van der Waals surface area contributed by atoms with Crippen LogP contribution in [0.15, 0.2) is 24.3 Å². The van der Waals surface area contributed by atoms with Gasteiger partial charge in [-0.25, -0.2) is 5.90 Å². The van der Waals surface area contributed by atoms with Crippen molar-refractivity contribution in [2.45, 2.75) is 12.7 Å². The smallest absolute Gasteiger partial charge is 0.0778 e. The van der Waals surface area contributed by atoms with Gasteiger partial charge in [0.15, 0.2) is 0 Å². The molecule has 1 aromatic rings. The van der Waals surface area contributed by atoms with Crippen LogP contribution >= 0.6 is 21.6 Å². The number of hydrogen-bond donors (Lipinski definition) is 1. The van der Waals surface area contributed by atoms with Gasteiger partial charge in [-0.1, -0.05) is 51.4 Å². The zero-order valence-electron chi connectivity index (χ0n) is 8.23. The van der Waals surface area contributed by atoms with E-state index in [9.17, 15) is 0 Å². The number of aryl methyl sites for hydroxylation is 1. The summed E-state index contributed by atoms with van der Waals surface area (Å²) in [6.07, 6.45) is 0. The molecule has 0 unspecified atom stereocenters. The van der Waals surface area contributed by atoms with Gasteiger partial charge < -0.3 is 4.84 Å². The summed E-state index contributed by atoms with van der Waals surface area (Å²) in [4.78, 5) is 4.48. The van der Waals surface area contributed by atoms with Crippen molar-refractivity contribution >= 4 is 21.6 Å². The first-order chi connectivity index (χ1) is 6.83. The summed E-state index contributed by atoms with van der Waals surface area (Å²) < 4.78 is 0. The van der Waals surface area contributed by atoms with Gasteiger partial charge in [-0.05, 0) is 12.5 Å². The Bertz CT molecular complexity index is 251. The van der Waals surface area contributed by atoms with Gasteiger partial charge in [0.2, 0.25) is 0 Å². The molecule has 0 amide bonds. The molecule has 0 radical (unpaired) electrons. The van der Waals surface area contributed by atoms with Crippen molar-refractivity contribution in [3.63, 3.8) is 0 Å². The summed E-state index contributed by atoms with van der Waals surface area (Å²) in [5, 5.41) is 0. The molecule has 0 spiro atoms. The molecule has 0 aliphatic heterocycles. The Morgan fingerprint density at radius 2 is 1.93 bits per heavy atom. The highest BCUT2D eigenvalue weighted by Gasteiger charge is 1.94. The summed E-state index contributed by atoms with van der Waals surface area (Å²) in [5.74, 6) is 6.89. The predicted molar refractivity (Wildman–Crippen MR) is 65.1 cm³/mol. The van der Waals surface area contributed by atoms with Crippen molar-refractivity contribution < 1.29 is 4.84 Å². The van der Waals surface area contributed by atoms with Crippen LogP contribution in [-0.2, 0) is 10.6 Å². The summed E-state index contributed by atoms with van der Waals surface area (Å²) in [6.45, 7) is 2.72. The Morgan fingerprint density at radius 3 is 2.57 bits per heavy atom. The standard InChI is InChI=1S/C10H15NOS2/c1-9-2-4-10(5-3-9)8-14-13-7-6-12-11/h2-5H,6-8,11H2,1H3. The largest absolute Gasteiger partial charge is 0.304 e. The summed E-state index contributed by atoms with van der Waals surface area (Å²) in [7, 11) is 3.62. The number of benzene rings is 1. The Kier molecular flexibility index (Phi) is 6.10. The van der Waals surface area contributed by atoms with Crippen molar-refractivity contribution in [3.8, 4) is 0 Å². The van der Waals surface area contributed by atoms with Crippen molar-refractivity contribution in [1.29, 1.82) is 0 Å². The topological polar surface area (TPSA) is 35.2 Å². The van der Waals surface area contributed by atoms with Gasteiger partial charge in [0.25, 0.3) is 0 Å². The van der Waals surface area contributed by atoms with Crippen LogP contribution in [0.5, 0.6) is 0 Å². The van der Waals surface area contributed by atoms with Crippen LogP contribution in [0.2, 0.25) is 0 Å². The zero-order valence-corrected chi connectivity index (χ0v) is 9.87. The number of nitrogens with two attached hydrogens (primary N) is 1. The van der Waals surface area contributed by atoms with Gasteiger partial charge in [-0.15, -0.1) is 0 Å². The fourth-order valence-corrected chi connectivity index (χ4v) is 2.84. The molecule has 0 aliphatic carbocycles. The van der Waals surface area contributed by atoms with Crippen LogP contribution < -0.4 is 5.90 Å². The maximum Gasteiger partial charge on any atom is 0.0778 e. The maximum atomic E-state index is 4.92. The van der Waals surface area contributed by atoms with E-state index in [0.29, 0.717) is 6.61 Å². The lowest BCUT2D eigenvalue weighted by molar-refractivity contribution is 0.155. The third-order valence-electron chi connectivity index (χ3n) is 1.71. The highest BCUT2D eigenvalue weighted by molar-refractivity contribution is 8.76. The first kappa shape index (κ1) is 11.9. The quantitative estimate of drug-likeness (QED) is 0.462. The predicted octanol–water partition coefficient (Wildman–Crippen LogP) is 2.77.